The molecule has 2 aromatic carbocycles. The minimum Gasteiger partial charge on any atom is -0.256 e. The predicted octanol–water partition coefficient (Wildman–Crippen LogP) is 6.77. The van der Waals surface area contributed by atoms with E-state index in [2.05, 4.69) is 75.4 Å². The molecule has 136 valence electrons. The van der Waals surface area contributed by atoms with Gasteiger partial charge in [0.2, 0.25) is 0 Å². The molecule has 0 amide bonds. The molecule has 0 spiro atoms. The van der Waals surface area contributed by atoms with Crippen LogP contribution in [0.4, 0.5) is 0 Å². The number of pyridine rings is 1. The van der Waals surface area contributed by atoms with Crippen molar-refractivity contribution in [1.82, 2.24) is 4.98 Å². The van der Waals surface area contributed by atoms with E-state index in [1.165, 1.54) is 54.1 Å². The molecule has 0 aliphatic rings. The van der Waals surface area contributed by atoms with Crippen LogP contribution >= 0.6 is 7.26 Å². The van der Waals surface area contributed by atoms with Gasteiger partial charge in [0, 0.05) is 24.4 Å². The first-order valence-electron chi connectivity index (χ1n) is 10.0. The van der Waals surface area contributed by atoms with Crippen LogP contribution in [-0.2, 0) is 0 Å². The second-order valence-electron chi connectivity index (χ2n) is 7.28. The topological polar surface area (TPSA) is 12.9 Å². The lowest BCUT2D eigenvalue weighted by Gasteiger charge is -2.27. The second-order valence-corrected chi connectivity index (χ2v) is 11.4. The molecular formula is C24H31NP+. The Hall–Kier alpha value is -1.72. The van der Waals surface area contributed by atoms with E-state index >= 15 is 0 Å². The molecule has 0 saturated carbocycles. The van der Waals surface area contributed by atoms with Gasteiger partial charge in [0.1, 0.15) is 0 Å². The summed E-state index contributed by atoms with van der Waals surface area (Å²) in [4.78, 5) is 4.75. The Morgan fingerprint density at radius 3 is 2.04 bits per heavy atom. The molecular weight excluding hydrogens is 333 g/mol. The molecule has 1 heterocycles. The number of hydrogen-bond acceptors (Lipinski definition) is 1. The van der Waals surface area contributed by atoms with Crippen LogP contribution in [0.2, 0.25) is 0 Å². The van der Waals surface area contributed by atoms with Crippen molar-refractivity contribution >= 4 is 23.3 Å². The molecule has 0 unspecified atom stereocenters. The van der Waals surface area contributed by atoms with Crippen LogP contribution in [-0.4, -0.2) is 23.5 Å². The third-order valence-corrected chi connectivity index (χ3v) is 10.6. The van der Waals surface area contributed by atoms with Gasteiger partial charge in [-0.15, -0.1) is 0 Å². The summed E-state index contributed by atoms with van der Waals surface area (Å²) in [7, 11) is -1.07. The highest BCUT2D eigenvalue weighted by Gasteiger charge is 2.37. The molecule has 1 aromatic heterocycles. The molecule has 0 atom stereocenters. The molecule has 1 nitrogen and oxygen atoms in total. The van der Waals surface area contributed by atoms with Crippen LogP contribution < -0.4 is 5.30 Å². The van der Waals surface area contributed by atoms with Gasteiger partial charge in [-0.05, 0) is 42.8 Å². The minimum atomic E-state index is -1.07. The van der Waals surface area contributed by atoms with Crippen LogP contribution in [0.25, 0.3) is 22.0 Å². The van der Waals surface area contributed by atoms with Crippen LogP contribution in [0.5, 0.6) is 0 Å². The first-order chi connectivity index (χ1) is 12.7. The van der Waals surface area contributed by atoms with Crippen molar-refractivity contribution < 1.29 is 0 Å². The Kier molecular flexibility index (Phi) is 6.43. The first kappa shape index (κ1) is 19.1. The summed E-state index contributed by atoms with van der Waals surface area (Å²) in [6.45, 7) is 7.03. The fourth-order valence-corrected chi connectivity index (χ4v) is 9.04. The Bertz CT molecular complexity index is 838. The van der Waals surface area contributed by atoms with E-state index in [0.29, 0.717) is 0 Å². The number of benzene rings is 2. The maximum atomic E-state index is 4.75. The molecule has 0 aliphatic heterocycles. The number of nitrogens with zero attached hydrogens (tertiary/aromatic N) is 1. The number of aromatic nitrogens is 1. The van der Waals surface area contributed by atoms with Crippen LogP contribution in [0.3, 0.4) is 0 Å². The summed E-state index contributed by atoms with van der Waals surface area (Å²) < 4.78 is 0. The normalized spacial score (nSPS) is 11.8. The molecule has 0 saturated heterocycles. The van der Waals surface area contributed by atoms with E-state index in [0.717, 1.165) is 5.69 Å². The van der Waals surface area contributed by atoms with E-state index in [4.69, 9.17) is 4.98 Å². The van der Waals surface area contributed by atoms with E-state index in [1.54, 1.807) is 5.30 Å². The van der Waals surface area contributed by atoms with Crippen molar-refractivity contribution in [2.24, 2.45) is 0 Å². The monoisotopic (exact) mass is 364 g/mol. The van der Waals surface area contributed by atoms with Gasteiger partial charge in [0.25, 0.3) is 0 Å². The Morgan fingerprint density at radius 2 is 1.38 bits per heavy atom. The van der Waals surface area contributed by atoms with Gasteiger partial charge in [-0.25, -0.2) is 0 Å². The fourth-order valence-electron chi connectivity index (χ4n) is 4.21. The molecule has 26 heavy (non-hydrogen) atoms. The number of hydrogen-bond donors (Lipinski definition) is 0. The minimum absolute atomic E-state index is 1.07. The Morgan fingerprint density at radius 1 is 0.731 bits per heavy atom. The summed E-state index contributed by atoms with van der Waals surface area (Å²) in [5, 5.41) is 4.08. The van der Waals surface area contributed by atoms with Crippen LogP contribution in [0, 0.1) is 0 Å². The largest absolute Gasteiger partial charge is 0.256 e. The molecule has 0 bridgehead atoms. The van der Waals surface area contributed by atoms with Gasteiger partial charge < -0.3 is 0 Å². The molecule has 0 fully saturated rings. The fraction of sp³-hybridized carbons (Fsp3) is 0.375. The van der Waals surface area contributed by atoms with Gasteiger partial charge in [0.15, 0.2) is 0 Å². The van der Waals surface area contributed by atoms with Crippen molar-refractivity contribution in [1.29, 1.82) is 0 Å². The molecule has 0 N–H and O–H groups in total. The maximum Gasteiger partial charge on any atom is 0.0946 e. The van der Waals surface area contributed by atoms with E-state index in [1.807, 2.05) is 6.20 Å². The van der Waals surface area contributed by atoms with Crippen molar-refractivity contribution in [2.75, 3.05) is 18.5 Å². The molecule has 0 aliphatic carbocycles. The number of fused-ring (bicyclic) bond motifs is 1. The average molecular weight is 364 g/mol. The highest BCUT2D eigenvalue weighted by molar-refractivity contribution is 7.82. The predicted molar refractivity (Wildman–Crippen MR) is 119 cm³/mol. The van der Waals surface area contributed by atoms with Gasteiger partial charge in [-0.2, -0.15) is 0 Å². The SMILES string of the molecule is CCC[P+](CCC)(CCC)c1cccc(-c2cc3ccccc3cn2)c1. The molecule has 3 rings (SSSR count). The third-order valence-electron chi connectivity index (χ3n) is 5.28. The summed E-state index contributed by atoms with van der Waals surface area (Å²) in [6.07, 6.45) is 9.99. The highest BCUT2D eigenvalue weighted by atomic mass is 31.2. The lowest BCUT2D eigenvalue weighted by molar-refractivity contribution is 1.01. The first-order valence-corrected chi connectivity index (χ1v) is 12.4. The van der Waals surface area contributed by atoms with Gasteiger partial charge >= 0.3 is 0 Å². The van der Waals surface area contributed by atoms with Crippen molar-refractivity contribution in [2.45, 2.75) is 40.0 Å². The van der Waals surface area contributed by atoms with E-state index in [9.17, 15) is 0 Å². The lowest BCUT2D eigenvalue weighted by Crippen LogP contribution is -2.20. The highest BCUT2D eigenvalue weighted by Crippen LogP contribution is 2.59. The second kappa shape index (κ2) is 8.78. The van der Waals surface area contributed by atoms with Gasteiger partial charge in [-0.3, -0.25) is 4.98 Å². The maximum absolute atomic E-state index is 4.75. The lowest BCUT2D eigenvalue weighted by atomic mass is 10.1. The summed E-state index contributed by atoms with van der Waals surface area (Å²) >= 11 is 0. The van der Waals surface area contributed by atoms with Crippen LogP contribution in [0.1, 0.15) is 40.0 Å². The molecule has 3 aromatic rings. The molecule has 0 radical (unpaired) electrons. The number of rotatable bonds is 8. The van der Waals surface area contributed by atoms with Crippen molar-refractivity contribution in [3.8, 4) is 11.3 Å². The summed E-state index contributed by atoms with van der Waals surface area (Å²) in [5.74, 6) is 0. The Balaban J connectivity index is 2.04. The molecule has 2 heteroatoms. The van der Waals surface area contributed by atoms with E-state index < -0.39 is 7.26 Å². The third kappa shape index (κ3) is 3.99. The zero-order valence-electron chi connectivity index (χ0n) is 16.4. The zero-order chi connectivity index (χ0) is 18.4. The van der Waals surface area contributed by atoms with Crippen LogP contribution in [0.15, 0.2) is 60.8 Å². The van der Waals surface area contributed by atoms with Gasteiger partial charge in [-0.1, -0.05) is 57.2 Å². The van der Waals surface area contributed by atoms with Crippen molar-refractivity contribution in [3.63, 3.8) is 0 Å². The van der Waals surface area contributed by atoms with Crippen molar-refractivity contribution in [3.05, 3.63) is 60.8 Å². The van der Waals surface area contributed by atoms with E-state index in [-0.39, 0.29) is 0 Å². The Labute approximate surface area is 159 Å². The zero-order valence-corrected chi connectivity index (χ0v) is 17.3. The summed E-state index contributed by atoms with van der Waals surface area (Å²) in [5.41, 5.74) is 2.36. The summed E-state index contributed by atoms with van der Waals surface area (Å²) in [6, 6.07) is 20.0. The standard InChI is InChI=1S/C24H31NP/c1-4-14-26(15-5-2,16-6-3)23-13-9-12-21(17-23)24-18-20-10-7-8-11-22(20)19-25-24/h7-13,17-19H,4-6,14-16H2,1-3H3/q+1. The smallest absolute Gasteiger partial charge is 0.0946 e. The quantitative estimate of drug-likeness (QED) is 0.402. The average Bonchev–Trinajstić information content (AvgIpc) is 2.68. The van der Waals surface area contributed by atoms with Gasteiger partial charge in [0.05, 0.1) is 29.5 Å².